The Labute approximate surface area is 115 Å². The summed E-state index contributed by atoms with van der Waals surface area (Å²) in [6.07, 6.45) is 3.35. The van der Waals surface area contributed by atoms with Gasteiger partial charge in [-0.1, -0.05) is 29.8 Å². The van der Waals surface area contributed by atoms with Crippen LogP contribution in [0.25, 0.3) is 0 Å². The molecule has 0 saturated carbocycles. The largest absolute Gasteiger partial charge is 0.353 e. The van der Waals surface area contributed by atoms with E-state index in [4.69, 9.17) is 11.6 Å². The van der Waals surface area contributed by atoms with Gasteiger partial charge in [-0.3, -0.25) is 0 Å². The van der Waals surface area contributed by atoms with E-state index in [0.717, 1.165) is 16.4 Å². The number of halogens is 1. The molecule has 0 N–H and O–H groups in total. The van der Waals surface area contributed by atoms with Crippen LogP contribution in [0.2, 0.25) is 0 Å². The molecule has 94 valence electrons. The highest BCUT2D eigenvalue weighted by Gasteiger charge is 2.20. The average Bonchev–Trinajstić information content (AvgIpc) is 2.46. The summed E-state index contributed by atoms with van der Waals surface area (Å²) in [5.41, 5.74) is 1.39. The molecular weight excluding hydrogens is 268 g/mol. The highest BCUT2D eigenvalue weighted by molar-refractivity contribution is 7.98. The molecule has 1 unspecified atom stereocenters. The van der Waals surface area contributed by atoms with Crippen molar-refractivity contribution < 1.29 is 0 Å². The Morgan fingerprint density at radius 3 is 2.67 bits per heavy atom. The van der Waals surface area contributed by atoms with E-state index in [1.54, 1.807) is 0 Å². The van der Waals surface area contributed by atoms with Crippen molar-refractivity contribution in [3.63, 3.8) is 0 Å². The first-order valence-corrected chi connectivity index (χ1v) is 7.03. The summed E-state index contributed by atoms with van der Waals surface area (Å²) in [6.45, 7) is 0. The fourth-order valence-corrected chi connectivity index (χ4v) is 2.40. The third-order valence-electron chi connectivity index (χ3n) is 2.54. The van der Waals surface area contributed by atoms with Crippen molar-refractivity contribution in [2.75, 3.05) is 18.2 Å². The maximum absolute atomic E-state index is 6.46. The van der Waals surface area contributed by atoms with Crippen LogP contribution in [0.1, 0.15) is 11.2 Å². The zero-order chi connectivity index (χ0) is 13.0. The molecular formula is C12H13ClN4S. The molecule has 0 aliphatic rings. The van der Waals surface area contributed by atoms with Crippen LogP contribution in [0.5, 0.6) is 0 Å². The van der Waals surface area contributed by atoms with Crippen molar-refractivity contribution in [1.82, 2.24) is 15.2 Å². The van der Waals surface area contributed by atoms with Gasteiger partial charge in [-0.25, -0.2) is 4.98 Å². The van der Waals surface area contributed by atoms with Crippen molar-refractivity contribution in [2.45, 2.75) is 10.5 Å². The van der Waals surface area contributed by atoms with Gasteiger partial charge in [0.2, 0.25) is 0 Å². The molecule has 0 aliphatic carbocycles. The van der Waals surface area contributed by atoms with Gasteiger partial charge in [0, 0.05) is 12.7 Å². The lowest BCUT2D eigenvalue weighted by atomic mass is 10.3. The Morgan fingerprint density at radius 1 is 1.28 bits per heavy atom. The molecule has 4 nitrogen and oxygen atoms in total. The third kappa shape index (κ3) is 2.73. The van der Waals surface area contributed by atoms with Crippen LogP contribution >= 0.6 is 23.4 Å². The van der Waals surface area contributed by atoms with Crippen LogP contribution in [0.3, 0.4) is 0 Å². The van der Waals surface area contributed by atoms with Gasteiger partial charge in [-0.05, 0) is 18.4 Å². The second kappa shape index (κ2) is 6.02. The van der Waals surface area contributed by atoms with Crippen molar-refractivity contribution >= 4 is 29.1 Å². The number of benzene rings is 1. The number of thioether (sulfide) groups is 1. The summed E-state index contributed by atoms with van der Waals surface area (Å²) in [6, 6.07) is 9.93. The molecule has 18 heavy (non-hydrogen) atoms. The predicted molar refractivity (Wildman–Crippen MR) is 75.0 cm³/mol. The molecule has 0 saturated heterocycles. The first-order chi connectivity index (χ1) is 8.74. The zero-order valence-corrected chi connectivity index (χ0v) is 11.7. The van der Waals surface area contributed by atoms with Gasteiger partial charge in [-0.2, -0.15) is 0 Å². The molecule has 1 heterocycles. The van der Waals surface area contributed by atoms with Gasteiger partial charge in [0.25, 0.3) is 0 Å². The number of aromatic nitrogens is 3. The van der Waals surface area contributed by atoms with Crippen LogP contribution in [0.4, 0.5) is 5.69 Å². The lowest BCUT2D eigenvalue weighted by Crippen LogP contribution is -2.21. The Kier molecular flexibility index (Phi) is 4.38. The minimum absolute atomic E-state index is 0.370. The Hall–Kier alpha value is -1.33. The monoisotopic (exact) mass is 280 g/mol. The topological polar surface area (TPSA) is 41.9 Å². The third-order valence-corrected chi connectivity index (χ3v) is 3.72. The zero-order valence-electron chi connectivity index (χ0n) is 10.1. The van der Waals surface area contributed by atoms with E-state index in [9.17, 15) is 0 Å². The van der Waals surface area contributed by atoms with Gasteiger partial charge >= 0.3 is 0 Å². The van der Waals surface area contributed by atoms with Crippen molar-refractivity contribution in [1.29, 1.82) is 0 Å². The van der Waals surface area contributed by atoms with Crippen LogP contribution in [0.15, 0.2) is 41.7 Å². The minimum atomic E-state index is -0.370. The van der Waals surface area contributed by atoms with Crippen LogP contribution in [0, 0.1) is 0 Å². The minimum Gasteiger partial charge on any atom is -0.353 e. The van der Waals surface area contributed by atoms with E-state index in [1.807, 2.05) is 48.5 Å². The Bertz CT molecular complexity index is 508. The maximum Gasteiger partial charge on any atom is 0.149 e. The molecule has 2 aromatic rings. The van der Waals surface area contributed by atoms with Crippen molar-refractivity contribution in [2.24, 2.45) is 0 Å². The Morgan fingerprint density at radius 2 is 2.00 bits per heavy atom. The molecule has 2 rings (SSSR count). The van der Waals surface area contributed by atoms with E-state index >= 15 is 0 Å². The lowest BCUT2D eigenvalue weighted by Gasteiger charge is -2.25. The number of para-hydroxylation sites is 1. The van der Waals surface area contributed by atoms with E-state index in [-0.39, 0.29) is 5.50 Å². The van der Waals surface area contributed by atoms with E-state index in [1.165, 1.54) is 18.1 Å². The first kappa shape index (κ1) is 13.1. The first-order valence-electron chi connectivity index (χ1n) is 5.37. The standard InChI is InChI=1S/C12H13ClN4S/c1-17(9-6-4-3-5-7-9)11(13)10-12(18-2)16-15-8-14-10/h3-8,11H,1-2H3. The maximum atomic E-state index is 6.46. The Balaban J connectivity index is 2.28. The molecule has 0 bridgehead atoms. The van der Waals surface area contributed by atoms with E-state index in [0.29, 0.717) is 0 Å². The molecule has 1 aromatic carbocycles. The van der Waals surface area contributed by atoms with Gasteiger partial charge < -0.3 is 4.90 Å². The van der Waals surface area contributed by atoms with Crippen LogP contribution in [-0.4, -0.2) is 28.5 Å². The second-order valence-corrected chi connectivity index (χ2v) is 4.85. The molecule has 0 fully saturated rings. The van der Waals surface area contributed by atoms with Crippen molar-refractivity contribution in [3.05, 3.63) is 42.4 Å². The number of alkyl halides is 1. The summed E-state index contributed by atoms with van der Waals surface area (Å²) in [5, 5.41) is 8.56. The average molecular weight is 281 g/mol. The smallest absolute Gasteiger partial charge is 0.149 e. The summed E-state index contributed by atoms with van der Waals surface area (Å²) >= 11 is 7.95. The van der Waals surface area contributed by atoms with Crippen LogP contribution in [-0.2, 0) is 0 Å². The molecule has 0 aliphatic heterocycles. The number of hydrogen-bond donors (Lipinski definition) is 0. The number of anilines is 1. The number of rotatable bonds is 4. The fraction of sp³-hybridized carbons (Fsp3) is 0.250. The molecule has 1 atom stereocenters. The highest BCUT2D eigenvalue weighted by atomic mass is 35.5. The SMILES string of the molecule is CSc1nncnc1C(Cl)N(C)c1ccccc1. The summed E-state index contributed by atoms with van der Waals surface area (Å²) < 4.78 is 0. The van der Waals surface area contributed by atoms with Gasteiger partial charge in [0.1, 0.15) is 22.5 Å². The predicted octanol–water partition coefficient (Wildman–Crippen LogP) is 2.97. The second-order valence-electron chi connectivity index (χ2n) is 3.64. The normalized spacial score (nSPS) is 12.2. The molecule has 6 heteroatoms. The highest BCUT2D eigenvalue weighted by Crippen LogP contribution is 2.31. The molecule has 0 radical (unpaired) electrons. The molecule has 0 spiro atoms. The quantitative estimate of drug-likeness (QED) is 0.489. The van der Waals surface area contributed by atoms with Gasteiger partial charge in [-0.15, -0.1) is 22.0 Å². The van der Waals surface area contributed by atoms with Crippen LogP contribution < -0.4 is 4.90 Å². The fourth-order valence-electron chi connectivity index (χ4n) is 1.56. The summed E-state index contributed by atoms with van der Waals surface area (Å²) in [5.74, 6) is 0. The summed E-state index contributed by atoms with van der Waals surface area (Å²) in [7, 11) is 1.93. The lowest BCUT2D eigenvalue weighted by molar-refractivity contribution is 0.756. The van der Waals surface area contributed by atoms with Gasteiger partial charge in [0.05, 0.1) is 0 Å². The molecule has 1 aromatic heterocycles. The molecule has 0 amide bonds. The summed E-state index contributed by atoms with van der Waals surface area (Å²) in [4.78, 5) is 6.18. The number of hydrogen-bond acceptors (Lipinski definition) is 5. The van der Waals surface area contributed by atoms with Crippen molar-refractivity contribution in [3.8, 4) is 0 Å². The number of nitrogens with zero attached hydrogens (tertiary/aromatic N) is 4. The van der Waals surface area contributed by atoms with Gasteiger partial charge in [0.15, 0.2) is 0 Å². The van der Waals surface area contributed by atoms with E-state index in [2.05, 4.69) is 15.2 Å². The van der Waals surface area contributed by atoms with E-state index < -0.39 is 0 Å².